The molecule has 126 valence electrons. The largest absolute Gasteiger partial charge is 0.480 e. The summed E-state index contributed by atoms with van der Waals surface area (Å²) in [6, 6.07) is 14.0. The lowest BCUT2D eigenvalue weighted by molar-refractivity contribution is -0.138. The molecule has 5 N–H and O–H groups in total. The summed E-state index contributed by atoms with van der Waals surface area (Å²) >= 11 is 0. The highest BCUT2D eigenvalue weighted by Crippen LogP contribution is 2.07. The highest BCUT2D eigenvalue weighted by molar-refractivity contribution is 6.01. The van der Waals surface area contributed by atoms with Gasteiger partial charge in [0.1, 0.15) is 6.04 Å². The average Bonchev–Trinajstić information content (AvgIpc) is 2.56. The van der Waals surface area contributed by atoms with E-state index in [0.29, 0.717) is 6.42 Å². The van der Waals surface area contributed by atoms with Crippen LogP contribution in [0.4, 0.5) is 0 Å². The Morgan fingerprint density at radius 1 is 0.792 bits per heavy atom. The summed E-state index contributed by atoms with van der Waals surface area (Å²) in [4.78, 5) is 31.3. The minimum absolute atomic E-state index is 0.190. The number of carbonyl (C=O) groups is 3. The van der Waals surface area contributed by atoms with Gasteiger partial charge in [-0.15, -0.1) is 0 Å². The SMILES string of the molecule is NC(Cc1ccccc1)C(=O)O.O=C(O)c1ccccc1C(=O)O. The summed E-state index contributed by atoms with van der Waals surface area (Å²) in [5.41, 5.74) is 5.92. The summed E-state index contributed by atoms with van der Waals surface area (Å²) in [6.45, 7) is 0. The van der Waals surface area contributed by atoms with Gasteiger partial charge in [-0.1, -0.05) is 42.5 Å². The third kappa shape index (κ3) is 5.90. The number of aromatic carboxylic acids is 2. The smallest absolute Gasteiger partial charge is 0.336 e. The molecule has 0 bridgehead atoms. The number of benzene rings is 2. The van der Waals surface area contributed by atoms with Gasteiger partial charge in [0.25, 0.3) is 0 Å². The Morgan fingerprint density at radius 2 is 1.21 bits per heavy atom. The first-order chi connectivity index (χ1) is 11.3. The zero-order valence-corrected chi connectivity index (χ0v) is 12.6. The van der Waals surface area contributed by atoms with Crippen LogP contribution in [0.3, 0.4) is 0 Å². The molecule has 0 fully saturated rings. The van der Waals surface area contributed by atoms with Crippen molar-refractivity contribution in [2.75, 3.05) is 0 Å². The van der Waals surface area contributed by atoms with Crippen LogP contribution in [0.2, 0.25) is 0 Å². The van der Waals surface area contributed by atoms with Gasteiger partial charge in [-0.2, -0.15) is 0 Å². The van der Waals surface area contributed by atoms with E-state index in [1.165, 1.54) is 24.3 Å². The van der Waals surface area contributed by atoms with E-state index in [9.17, 15) is 14.4 Å². The number of carboxylic acid groups (broad SMARTS) is 3. The molecule has 2 rings (SSSR count). The Balaban J connectivity index is 0.000000240. The fraction of sp³-hybridized carbons (Fsp3) is 0.118. The molecule has 0 saturated heterocycles. The van der Waals surface area contributed by atoms with Crippen molar-refractivity contribution in [2.24, 2.45) is 5.73 Å². The van der Waals surface area contributed by atoms with Crippen molar-refractivity contribution in [3.05, 3.63) is 71.3 Å². The van der Waals surface area contributed by atoms with Crippen molar-refractivity contribution >= 4 is 17.9 Å². The second-order valence-corrected chi connectivity index (χ2v) is 4.79. The molecule has 0 radical (unpaired) electrons. The van der Waals surface area contributed by atoms with E-state index < -0.39 is 23.9 Å². The molecule has 0 spiro atoms. The fourth-order valence-corrected chi connectivity index (χ4v) is 1.81. The van der Waals surface area contributed by atoms with Crippen molar-refractivity contribution in [3.8, 4) is 0 Å². The van der Waals surface area contributed by atoms with Gasteiger partial charge in [0.05, 0.1) is 11.1 Å². The number of hydrogen-bond donors (Lipinski definition) is 4. The molecule has 24 heavy (non-hydrogen) atoms. The summed E-state index contributed by atoms with van der Waals surface area (Å²) in [6.07, 6.45) is 0.385. The van der Waals surface area contributed by atoms with E-state index in [1.54, 1.807) is 0 Å². The second kappa shape index (κ2) is 9.06. The lowest BCUT2D eigenvalue weighted by Gasteiger charge is -2.04. The van der Waals surface area contributed by atoms with Crippen molar-refractivity contribution in [2.45, 2.75) is 12.5 Å². The molecule has 7 nitrogen and oxygen atoms in total. The van der Waals surface area contributed by atoms with Crippen LogP contribution in [-0.4, -0.2) is 39.3 Å². The molecular formula is C17H17NO6. The standard InChI is InChI=1S/C9H11NO2.C8H6O4/c10-8(9(11)12)6-7-4-2-1-3-5-7;9-7(10)5-3-1-2-4-6(5)8(11)12/h1-5,8H,6,10H2,(H,11,12);1-4H,(H,9,10)(H,11,12). The summed E-state index contributed by atoms with van der Waals surface area (Å²) in [5, 5.41) is 25.6. The maximum absolute atomic E-state index is 10.5. The third-order valence-electron chi connectivity index (χ3n) is 3.00. The first-order valence-corrected chi connectivity index (χ1v) is 6.91. The maximum atomic E-state index is 10.5. The molecule has 0 aliphatic rings. The Hall–Kier alpha value is -3.19. The van der Waals surface area contributed by atoms with E-state index >= 15 is 0 Å². The molecule has 0 heterocycles. The van der Waals surface area contributed by atoms with Crippen LogP contribution in [-0.2, 0) is 11.2 Å². The third-order valence-corrected chi connectivity index (χ3v) is 3.00. The minimum Gasteiger partial charge on any atom is -0.480 e. The van der Waals surface area contributed by atoms with E-state index in [4.69, 9.17) is 21.1 Å². The normalized spacial score (nSPS) is 10.9. The van der Waals surface area contributed by atoms with Crippen molar-refractivity contribution in [1.82, 2.24) is 0 Å². The topological polar surface area (TPSA) is 138 Å². The Labute approximate surface area is 138 Å². The van der Waals surface area contributed by atoms with Crippen LogP contribution in [0.5, 0.6) is 0 Å². The predicted molar refractivity (Wildman–Crippen MR) is 86.1 cm³/mol. The molecule has 0 aliphatic heterocycles. The molecular weight excluding hydrogens is 314 g/mol. The van der Waals surface area contributed by atoms with Crippen LogP contribution in [0.25, 0.3) is 0 Å². The lowest BCUT2D eigenvalue weighted by atomic mass is 10.1. The number of carboxylic acids is 3. The highest BCUT2D eigenvalue weighted by Gasteiger charge is 2.13. The molecule has 0 aliphatic carbocycles. The molecule has 0 amide bonds. The molecule has 0 saturated carbocycles. The molecule has 1 atom stereocenters. The van der Waals surface area contributed by atoms with E-state index in [0.717, 1.165) is 5.56 Å². The van der Waals surface area contributed by atoms with E-state index in [1.807, 2.05) is 30.3 Å². The zero-order valence-electron chi connectivity index (χ0n) is 12.6. The maximum Gasteiger partial charge on any atom is 0.336 e. The number of nitrogens with two attached hydrogens (primary N) is 1. The van der Waals surface area contributed by atoms with Gasteiger partial charge in [-0.3, -0.25) is 4.79 Å². The van der Waals surface area contributed by atoms with Crippen LogP contribution < -0.4 is 5.73 Å². The predicted octanol–water partition coefficient (Wildman–Crippen LogP) is 1.72. The van der Waals surface area contributed by atoms with Gasteiger partial charge in [0.2, 0.25) is 0 Å². The van der Waals surface area contributed by atoms with E-state index in [-0.39, 0.29) is 11.1 Å². The van der Waals surface area contributed by atoms with Gasteiger partial charge < -0.3 is 21.1 Å². The Kier molecular flexibility index (Phi) is 7.12. The number of rotatable bonds is 5. The lowest BCUT2D eigenvalue weighted by Crippen LogP contribution is -2.32. The summed E-state index contributed by atoms with van der Waals surface area (Å²) in [7, 11) is 0. The van der Waals surface area contributed by atoms with Crippen LogP contribution in [0.15, 0.2) is 54.6 Å². The Bertz CT molecular complexity index is 681. The molecule has 2 aromatic rings. The van der Waals surface area contributed by atoms with Gasteiger partial charge in [-0.05, 0) is 24.1 Å². The van der Waals surface area contributed by atoms with Crippen LogP contribution in [0.1, 0.15) is 26.3 Å². The van der Waals surface area contributed by atoms with Gasteiger partial charge in [-0.25, -0.2) is 9.59 Å². The van der Waals surface area contributed by atoms with Crippen molar-refractivity contribution in [1.29, 1.82) is 0 Å². The summed E-state index contributed by atoms with van der Waals surface area (Å²) in [5.74, 6) is -3.42. The number of aliphatic carboxylic acids is 1. The summed E-state index contributed by atoms with van der Waals surface area (Å²) < 4.78 is 0. The van der Waals surface area contributed by atoms with Gasteiger partial charge in [0, 0.05) is 0 Å². The minimum atomic E-state index is -1.23. The Morgan fingerprint density at radius 3 is 1.58 bits per heavy atom. The zero-order chi connectivity index (χ0) is 18.1. The van der Waals surface area contributed by atoms with Crippen molar-refractivity contribution in [3.63, 3.8) is 0 Å². The van der Waals surface area contributed by atoms with Crippen molar-refractivity contribution < 1.29 is 29.7 Å². The molecule has 7 heteroatoms. The molecule has 0 aromatic heterocycles. The first kappa shape index (κ1) is 18.9. The van der Waals surface area contributed by atoms with Gasteiger partial charge in [0.15, 0.2) is 0 Å². The molecule has 2 aromatic carbocycles. The monoisotopic (exact) mass is 331 g/mol. The van der Waals surface area contributed by atoms with E-state index in [2.05, 4.69) is 0 Å². The first-order valence-electron chi connectivity index (χ1n) is 6.91. The second-order valence-electron chi connectivity index (χ2n) is 4.79. The van der Waals surface area contributed by atoms with Crippen LogP contribution in [0, 0.1) is 0 Å². The highest BCUT2D eigenvalue weighted by atomic mass is 16.4. The van der Waals surface area contributed by atoms with Gasteiger partial charge >= 0.3 is 17.9 Å². The average molecular weight is 331 g/mol. The number of hydrogen-bond acceptors (Lipinski definition) is 4. The van der Waals surface area contributed by atoms with Crippen LogP contribution >= 0.6 is 0 Å². The quantitative estimate of drug-likeness (QED) is 0.654. The molecule has 1 unspecified atom stereocenters. The fourth-order valence-electron chi connectivity index (χ4n) is 1.81.